The van der Waals surface area contributed by atoms with E-state index >= 15 is 0 Å². The van der Waals surface area contributed by atoms with Crippen molar-refractivity contribution in [1.29, 1.82) is 0 Å². The number of halogens is 4. The number of carbonyl (C=O) groups excluding carboxylic acids is 2. The first-order chi connectivity index (χ1) is 13.6. The van der Waals surface area contributed by atoms with E-state index in [9.17, 15) is 23.5 Å². The number of ether oxygens (including phenoxy) is 1. The van der Waals surface area contributed by atoms with E-state index in [0.29, 0.717) is 16.1 Å². The van der Waals surface area contributed by atoms with Crippen molar-refractivity contribution in [3.8, 4) is 5.75 Å². The maximum absolute atomic E-state index is 13.0. The molecule has 0 aliphatic carbocycles. The maximum Gasteiger partial charge on any atom is 0.387 e. The van der Waals surface area contributed by atoms with Crippen molar-refractivity contribution in [2.45, 2.75) is 25.2 Å². The number of urea groups is 1. The summed E-state index contributed by atoms with van der Waals surface area (Å²) in [7, 11) is 0. The molecule has 2 unspecified atom stereocenters. The Kier molecular flexibility index (Phi) is 5.97. The van der Waals surface area contributed by atoms with Gasteiger partial charge in [0.05, 0.1) is 12.6 Å². The van der Waals surface area contributed by atoms with Crippen molar-refractivity contribution in [3.63, 3.8) is 0 Å². The average molecular weight is 445 g/mol. The molecular formula is C19H16Cl2F2N2O4. The fourth-order valence-electron chi connectivity index (χ4n) is 3.09. The number of aliphatic hydroxyl groups is 1. The number of carbonyl (C=O) groups is 2. The molecule has 2 aromatic carbocycles. The summed E-state index contributed by atoms with van der Waals surface area (Å²) in [5.74, 6) is -0.667. The zero-order valence-electron chi connectivity index (χ0n) is 15.0. The van der Waals surface area contributed by atoms with E-state index < -0.39 is 30.2 Å². The molecule has 2 aromatic rings. The maximum atomic E-state index is 13.0. The van der Waals surface area contributed by atoms with E-state index in [-0.39, 0.29) is 17.3 Å². The topological polar surface area (TPSA) is 78.9 Å². The number of hydrogen-bond acceptors (Lipinski definition) is 4. The Morgan fingerprint density at radius 2 is 1.83 bits per heavy atom. The molecule has 1 aliphatic heterocycles. The van der Waals surface area contributed by atoms with Crippen LogP contribution in [0.5, 0.6) is 5.75 Å². The van der Waals surface area contributed by atoms with Gasteiger partial charge in [0.1, 0.15) is 11.3 Å². The van der Waals surface area contributed by atoms with Crippen molar-refractivity contribution in [2.75, 3.05) is 6.54 Å². The third kappa shape index (κ3) is 4.29. The molecule has 0 spiro atoms. The summed E-state index contributed by atoms with van der Waals surface area (Å²) < 4.78 is 28.7. The molecule has 29 heavy (non-hydrogen) atoms. The second-order valence-electron chi connectivity index (χ2n) is 6.56. The minimum atomic E-state index is -2.96. The minimum Gasteiger partial charge on any atom is -0.435 e. The molecule has 1 heterocycles. The Morgan fingerprint density at radius 3 is 2.41 bits per heavy atom. The molecule has 10 heteroatoms. The molecule has 2 atom stereocenters. The molecule has 6 nitrogen and oxygen atoms in total. The third-order valence-electron chi connectivity index (χ3n) is 4.59. The van der Waals surface area contributed by atoms with Gasteiger partial charge in [-0.2, -0.15) is 8.78 Å². The minimum absolute atomic E-state index is 0.0732. The highest BCUT2D eigenvalue weighted by molar-refractivity contribution is 6.35. The van der Waals surface area contributed by atoms with Gasteiger partial charge in [0, 0.05) is 15.6 Å². The average Bonchev–Trinajstić information content (AvgIpc) is 2.85. The summed E-state index contributed by atoms with van der Waals surface area (Å²) in [5, 5.41) is 13.6. The van der Waals surface area contributed by atoms with Crippen molar-refractivity contribution in [3.05, 3.63) is 63.6 Å². The van der Waals surface area contributed by atoms with Gasteiger partial charge in [0.2, 0.25) is 0 Å². The van der Waals surface area contributed by atoms with Crippen LogP contribution >= 0.6 is 23.2 Å². The number of hydrogen-bond donors (Lipinski definition) is 2. The number of aliphatic hydroxyl groups excluding tert-OH is 1. The summed E-state index contributed by atoms with van der Waals surface area (Å²) in [6.45, 7) is -1.79. The highest BCUT2D eigenvalue weighted by Gasteiger charge is 2.50. The number of β-amino-alcohol motifs (C(OH)–C–C–N with tert-alkyl or cyclic N) is 1. The molecule has 3 rings (SSSR count). The SMILES string of the molecule is CC1(c2ccc(Cl)cc2Cl)NC(=O)N(CC(O)c2ccc(OC(F)F)cc2)C1=O. The quantitative estimate of drug-likeness (QED) is 0.657. The fourth-order valence-corrected chi connectivity index (χ4v) is 3.69. The van der Waals surface area contributed by atoms with Gasteiger partial charge in [-0.25, -0.2) is 4.79 Å². The van der Waals surface area contributed by atoms with E-state index in [0.717, 1.165) is 4.90 Å². The van der Waals surface area contributed by atoms with Crippen molar-refractivity contribution in [1.82, 2.24) is 10.2 Å². The molecule has 3 amide bonds. The number of amides is 3. The lowest BCUT2D eigenvalue weighted by Gasteiger charge is -2.24. The van der Waals surface area contributed by atoms with Crippen LogP contribution in [0.1, 0.15) is 24.2 Å². The fraction of sp³-hybridized carbons (Fsp3) is 0.263. The molecular weight excluding hydrogens is 429 g/mol. The Labute approximate surface area is 175 Å². The van der Waals surface area contributed by atoms with Crippen molar-refractivity contribution < 1.29 is 28.2 Å². The normalized spacial score (nSPS) is 20.2. The van der Waals surface area contributed by atoms with Gasteiger partial charge in [0.25, 0.3) is 5.91 Å². The van der Waals surface area contributed by atoms with Crippen LogP contribution in [-0.2, 0) is 10.3 Å². The zero-order chi connectivity index (χ0) is 21.3. The number of imide groups is 1. The molecule has 1 fully saturated rings. The van der Waals surface area contributed by atoms with Crippen LogP contribution in [0.3, 0.4) is 0 Å². The van der Waals surface area contributed by atoms with Gasteiger partial charge in [-0.05, 0) is 36.8 Å². The lowest BCUT2D eigenvalue weighted by Crippen LogP contribution is -2.41. The number of alkyl halides is 2. The molecule has 2 N–H and O–H groups in total. The van der Waals surface area contributed by atoms with Gasteiger partial charge in [0.15, 0.2) is 0 Å². The summed E-state index contributed by atoms with van der Waals surface area (Å²) in [6, 6.07) is 9.12. The van der Waals surface area contributed by atoms with Crippen LogP contribution in [0.25, 0.3) is 0 Å². The third-order valence-corrected chi connectivity index (χ3v) is 5.14. The number of rotatable bonds is 6. The first-order valence-electron chi connectivity index (χ1n) is 8.44. The first-order valence-corrected chi connectivity index (χ1v) is 9.20. The largest absolute Gasteiger partial charge is 0.435 e. The van der Waals surface area contributed by atoms with E-state index in [1.165, 1.54) is 37.3 Å². The number of nitrogens with one attached hydrogen (secondary N) is 1. The molecule has 154 valence electrons. The summed E-state index contributed by atoms with van der Waals surface area (Å²) >= 11 is 12.1. The van der Waals surface area contributed by atoms with Crippen LogP contribution in [0.15, 0.2) is 42.5 Å². The van der Waals surface area contributed by atoms with E-state index in [1.54, 1.807) is 12.1 Å². The van der Waals surface area contributed by atoms with Crippen LogP contribution in [0.2, 0.25) is 10.0 Å². The van der Waals surface area contributed by atoms with Crippen molar-refractivity contribution >= 4 is 35.1 Å². The number of benzene rings is 2. The molecule has 1 aliphatic rings. The summed E-state index contributed by atoms with van der Waals surface area (Å²) in [4.78, 5) is 26.2. The van der Waals surface area contributed by atoms with Gasteiger partial charge < -0.3 is 15.2 Å². The summed E-state index contributed by atoms with van der Waals surface area (Å²) in [5.41, 5.74) is -0.731. The van der Waals surface area contributed by atoms with Crippen LogP contribution in [0.4, 0.5) is 13.6 Å². The Bertz CT molecular complexity index is 942. The highest BCUT2D eigenvalue weighted by atomic mass is 35.5. The second-order valence-corrected chi connectivity index (χ2v) is 7.40. The Balaban J connectivity index is 1.77. The molecule has 0 saturated carbocycles. The number of nitrogens with zero attached hydrogens (tertiary/aromatic N) is 1. The van der Waals surface area contributed by atoms with Crippen LogP contribution in [0, 0.1) is 0 Å². The van der Waals surface area contributed by atoms with E-state index in [4.69, 9.17) is 23.2 Å². The standard InChI is InChI=1S/C19H16Cl2F2N2O4/c1-19(13-7-4-11(20)8-14(13)21)16(27)25(18(28)24-19)9-15(26)10-2-5-12(6-3-10)29-17(22)23/h2-8,15,17,26H,9H2,1H3,(H,24,28). The van der Waals surface area contributed by atoms with E-state index in [1.807, 2.05) is 0 Å². The molecule has 0 bridgehead atoms. The first kappa shape index (κ1) is 21.3. The van der Waals surface area contributed by atoms with Gasteiger partial charge >= 0.3 is 12.6 Å². The lowest BCUT2D eigenvalue weighted by atomic mass is 9.92. The van der Waals surface area contributed by atoms with Gasteiger partial charge in [-0.3, -0.25) is 9.69 Å². The van der Waals surface area contributed by atoms with E-state index in [2.05, 4.69) is 10.1 Å². The molecule has 1 saturated heterocycles. The van der Waals surface area contributed by atoms with Gasteiger partial charge in [-0.15, -0.1) is 0 Å². The predicted octanol–water partition coefficient (Wildman–Crippen LogP) is 4.10. The summed E-state index contributed by atoms with van der Waals surface area (Å²) in [6.07, 6.45) is -1.23. The lowest BCUT2D eigenvalue weighted by molar-refractivity contribution is -0.132. The van der Waals surface area contributed by atoms with Crippen LogP contribution < -0.4 is 10.1 Å². The predicted molar refractivity (Wildman–Crippen MR) is 102 cm³/mol. The Hall–Kier alpha value is -2.42. The zero-order valence-corrected chi connectivity index (χ0v) is 16.5. The van der Waals surface area contributed by atoms with Crippen molar-refractivity contribution in [2.24, 2.45) is 0 Å². The van der Waals surface area contributed by atoms with Gasteiger partial charge in [-0.1, -0.05) is 41.4 Å². The highest BCUT2D eigenvalue weighted by Crippen LogP contribution is 2.35. The second kappa shape index (κ2) is 8.14. The monoisotopic (exact) mass is 444 g/mol. The Morgan fingerprint density at radius 1 is 1.17 bits per heavy atom. The molecule has 0 aromatic heterocycles. The van der Waals surface area contributed by atoms with Crippen LogP contribution in [-0.4, -0.2) is 35.1 Å². The smallest absolute Gasteiger partial charge is 0.387 e. The molecule has 0 radical (unpaired) electrons.